The van der Waals surface area contributed by atoms with Gasteiger partial charge in [0.25, 0.3) is 0 Å². The van der Waals surface area contributed by atoms with Gasteiger partial charge in [-0.05, 0) is 116 Å². The number of hydrogen-bond acceptors (Lipinski definition) is 29. The van der Waals surface area contributed by atoms with Crippen LogP contribution in [0.5, 0.6) is 0 Å². The average Bonchev–Trinajstić information content (AvgIpc) is 1.47. The molecule has 4 saturated carbocycles. The second-order valence-electron chi connectivity index (χ2n) is 29.6. The van der Waals surface area contributed by atoms with Crippen LogP contribution in [0.15, 0.2) is 0 Å². The molecule has 6 saturated heterocycles. The molecule has 0 aromatic carbocycles. The van der Waals surface area contributed by atoms with Gasteiger partial charge in [0.15, 0.2) is 37.7 Å². The Morgan fingerprint density at radius 2 is 1.02 bits per heavy atom. The molecule has 6 aliphatic heterocycles. The number of aliphatic hydroxyl groups is 10. The Labute approximate surface area is 562 Å². The Morgan fingerprint density at radius 1 is 0.531 bits per heavy atom. The topological polar surface area (TPSA) is 393 Å². The molecule has 10 fully saturated rings. The van der Waals surface area contributed by atoms with E-state index >= 15 is 0 Å². The minimum atomic E-state index is -1.82. The molecular formula is C67H112O29. The van der Waals surface area contributed by atoms with E-state index in [9.17, 15) is 60.7 Å². The van der Waals surface area contributed by atoms with Crippen LogP contribution in [0.4, 0.5) is 0 Å². The smallest absolute Gasteiger partial charge is 0.309 e. The fourth-order valence-electron chi connectivity index (χ4n) is 18.3. The quantitative estimate of drug-likeness (QED) is 0.0531. The molecule has 0 aromatic heterocycles. The number of hydrogen-bond donors (Lipinski definition) is 10. The van der Waals surface area contributed by atoms with Crippen LogP contribution in [-0.4, -0.2) is 287 Å². The van der Waals surface area contributed by atoms with Crippen LogP contribution in [0.25, 0.3) is 0 Å². The third kappa shape index (κ3) is 14.6. The molecule has 10 rings (SSSR count). The standard InChI is InChI=1S/C67H112O29/c1-14-29(2)61(77)87-34(7)66(78)19-20-67(79)38-16-15-36-21-37(17-18-64(36,9)39(38)22-46(65(66,67)10)88-35(8)70)89-47-23-40(71)56(30(3)83-47)92-48-24-41(80-11)57(31(4)84-48)93-49-25-42(81-12)58(32(5)85-49)94-50-26-43(82-13)59(33(6)86-50)95-63-55(76)53(74)60(45(28-69)91-63)96-62-54(75)52(73)51(72)44(27-68)90-62/h29-34,36-60,62-63,68-69,71-76,78-79H,14-28H2,1-13H3/t29?,30-,31-,32-,33-,34+,36+,37+,38-,39+,40+,41+,42-,43-,44-,45-,46-,47+,48+,49+,50+,51-,52+,53-,54-,55-,56-,57-,58-,59-,60-,62+,63+,64+,65-,66-,67+/m1/s1. The Kier molecular flexibility index (Phi) is 24.8. The highest BCUT2D eigenvalue weighted by atomic mass is 16.8. The normalized spacial score (nSPS) is 51.3. The first kappa shape index (κ1) is 76.6. The van der Waals surface area contributed by atoms with E-state index in [1.165, 1.54) is 14.0 Å². The molecule has 10 aliphatic rings. The van der Waals surface area contributed by atoms with E-state index in [2.05, 4.69) is 6.92 Å². The fourth-order valence-corrected chi connectivity index (χ4v) is 18.3. The lowest BCUT2D eigenvalue weighted by Crippen LogP contribution is -2.72. The molecule has 0 bridgehead atoms. The van der Waals surface area contributed by atoms with Gasteiger partial charge in [-0.25, -0.2) is 0 Å². The van der Waals surface area contributed by atoms with Crippen LogP contribution in [0, 0.1) is 34.5 Å². The van der Waals surface area contributed by atoms with Gasteiger partial charge >= 0.3 is 11.9 Å². The van der Waals surface area contributed by atoms with E-state index in [4.69, 9.17) is 80.5 Å². The van der Waals surface area contributed by atoms with Gasteiger partial charge in [0.2, 0.25) is 0 Å². The Balaban J connectivity index is 0.683. The molecule has 29 nitrogen and oxygen atoms in total. The van der Waals surface area contributed by atoms with Gasteiger partial charge in [0.1, 0.15) is 91.1 Å². The number of fused-ring (bicyclic) bond motifs is 5. The minimum absolute atomic E-state index is 0.0258. The van der Waals surface area contributed by atoms with Crippen LogP contribution in [0.1, 0.15) is 153 Å². The van der Waals surface area contributed by atoms with Crippen molar-refractivity contribution in [3.05, 3.63) is 0 Å². The van der Waals surface area contributed by atoms with Crippen molar-refractivity contribution in [2.75, 3.05) is 34.5 Å². The first-order valence-electron chi connectivity index (χ1n) is 35.0. The van der Waals surface area contributed by atoms with Crippen LogP contribution in [0.2, 0.25) is 0 Å². The zero-order chi connectivity index (χ0) is 69.8. The lowest BCUT2D eigenvalue weighted by molar-refractivity contribution is -0.376. The van der Waals surface area contributed by atoms with Crippen LogP contribution >= 0.6 is 0 Å². The van der Waals surface area contributed by atoms with Gasteiger partial charge in [0, 0.05) is 53.9 Å². The molecule has 4 aliphatic carbocycles. The molecule has 0 radical (unpaired) electrons. The second-order valence-corrected chi connectivity index (χ2v) is 29.6. The molecular weight excluding hydrogens is 1270 g/mol. The molecule has 29 heteroatoms. The number of esters is 2. The van der Waals surface area contributed by atoms with E-state index in [1.807, 2.05) is 34.6 Å². The summed E-state index contributed by atoms with van der Waals surface area (Å²) >= 11 is 0. The van der Waals surface area contributed by atoms with E-state index in [-0.39, 0.29) is 73.7 Å². The largest absolute Gasteiger partial charge is 0.462 e. The van der Waals surface area contributed by atoms with Gasteiger partial charge in [-0.1, -0.05) is 27.7 Å². The zero-order valence-electron chi connectivity index (χ0n) is 57.9. The highest BCUT2D eigenvalue weighted by Gasteiger charge is 2.77. The van der Waals surface area contributed by atoms with Crippen molar-refractivity contribution in [3.63, 3.8) is 0 Å². The highest BCUT2D eigenvalue weighted by Crippen LogP contribution is 2.71. The van der Waals surface area contributed by atoms with Crippen LogP contribution < -0.4 is 0 Å². The summed E-state index contributed by atoms with van der Waals surface area (Å²) in [5, 5.41) is 111. The molecule has 37 atom stereocenters. The summed E-state index contributed by atoms with van der Waals surface area (Å²) < 4.78 is 105. The second kappa shape index (κ2) is 31.1. The molecule has 1 unspecified atom stereocenters. The van der Waals surface area contributed by atoms with Crippen molar-refractivity contribution in [1.82, 2.24) is 0 Å². The van der Waals surface area contributed by atoms with Crippen molar-refractivity contribution < 1.29 is 141 Å². The van der Waals surface area contributed by atoms with Crippen molar-refractivity contribution >= 4 is 11.9 Å². The SMILES string of the molecule is CCC(C)C(=O)O[C@@H](C)[C@]1(O)CC[C@]2(O)[C@@H]3CC[C@H]4C[C@@H](O[C@H]5C[C@H](O)[C@H](O[C@H]6C[C@H](OC)[C@H](O[C@H]7C[C@@H](OC)[C@H](O[C@H]8C[C@@H](OC)[C@H](O[C@@H]9O[C@H](CO)[C@@H](O[C@@H]%10O[C@H](CO)[C@@H](O)[C@H](O)[C@H]%10O)[C@H](O)[C@H]9O)[C@@H](C)O8)[C@@H](C)O7)[C@@H](C)O6)[C@@H](C)O5)CC[C@]4(C)[C@H]3C[C@@H](OC(C)=O)[C@]12C. The first-order chi connectivity index (χ1) is 45.4. The maximum atomic E-state index is 13.1. The molecule has 0 amide bonds. The van der Waals surface area contributed by atoms with E-state index in [1.54, 1.807) is 35.0 Å². The summed E-state index contributed by atoms with van der Waals surface area (Å²) in [5.74, 6) is -1.27. The van der Waals surface area contributed by atoms with Crippen molar-refractivity contribution in [2.24, 2.45) is 34.5 Å². The molecule has 0 aromatic rings. The third-order valence-electron chi connectivity index (χ3n) is 24.3. The first-order valence-corrected chi connectivity index (χ1v) is 35.0. The summed E-state index contributed by atoms with van der Waals surface area (Å²) in [4.78, 5) is 25.9. The number of carbonyl (C=O) groups is 2. The predicted molar refractivity (Wildman–Crippen MR) is 329 cm³/mol. The predicted octanol–water partition coefficient (Wildman–Crippen LogP) is 0.890. The third-order valence-corrected chi connectivity index (χ3v) is 24.3. The van der Waals surface area contributed by atoms with Crippen LogP contribution in [0.3, 0.4) is 0 Å². The molecule has 0 spiro atoms. The average molecular weight is 1380 g/mol. The van der Waals surface area contributed by atoms with Gasteiger partial charge in [0.05, 0.1) is 85.1 Å². The van der Waals surface area contributed by atoms with E-state index in [0.717, 1.165) is 19.3 Å². The van der Waals surface area contributed by atoms with Gasteiger partial charge in [-0.15, -0.1) is 0 Å². The highest BCUT2D eigenvalue weighted by molar-refractivity contribution is 5.72. The number of aliphatic hydroxyl groups excluding tert-OH is 8. The Morgan fingerprint density at radius 3 is 1.53 bits per heavy atom. The summed E-state index contributed by atoms with van der Waals surface area (Å²) in [5.41, 5.74) is -4.59. The fraction of sp³-hybridized carbons (Fsp3) is 0.970. The van der Waals surface area contributed by atoms with Gasteiger partial charge in [-0.2, -0.15) is 0 Å². The molecule has 96 heavy (non-hydrogen) atoms. The maximum absolute atomic E-state index is 13.1. The summed E-state index contributed by atoms with van der Waals surface area (Å²) in [6.07, 6.45) is -23.4. The lowest BCUT2D eigenvalue weighted by atomic mass is 9.42. The number of ether oxygens (including phenoxy) is 17. The maximum Gasteiger partial charge on any atom is 0.309 e. The van der Waals surface area contributed by atoms with E-state index < -0.39 is 214 Å². The molecule has 6 heterocycles. The molecule has 554 valence electrons. The number of carbonyl (C=O) groups excluding carboxylic acids is 2. The summed E-state index contributed by atoms with van der Waals surface area (Å²) in [6.45, 7) is 16.6. The van der Waals surface area contributed by atoms with Crippen molar-refractivity contribution in [3.8, 4) is 0 Å². The van der Waals surface area contributed by atoms with Gasteiger partial charge in [-0.3, -0.25) is 9.59 Å². The van der Waals surface area contributed by atoms with Crippen molar-refractivity contribution in [1.29, 1.82) is 0 Å². The summed E-state index contributed by atoms with van der Waals surface area (Å²) in [6, 6.07) is 0. The summed E-state index contributed by atoms with van der Waals surface area (Å²) in [7, 11) is 4.61. The van der Waals surface area contributed by atoms with Gasteiger partial charge < -0.3 is 132 Å². The Bertz CT molecular complexity index is 2530. The van der Waals surface area contributed by atoms with Crippen LogP contribution in [-0.2, 0) is 90.1 Å². The lowest BCUT2D eigenvalue weighted by Gasteiger charge is -2.66. The molecule has 10 N–H and O–H groups in total. The Hall–Kier alpha value is -2.06. The monoisotopic (exact) mass is 1380 g/mol. The minimum Gasteiger partial charge on any atom is -0.462 e. The zero-order valence-corrected chi connectivity index (χ0v) is 57.9. The van der Waals surface area contributed by atoms with E-state index in [0.29, 0.717) is 25.7 Å². The number of methoxy groups -OCH3 is 3. The van der Waals surface area contributed by atoms with Crippen molar-refractivity contribution in [2.45, 2.75) is 342 Å². The number of rotatable bonds is 22.